The van der Waals surface area contributed by atoms with Crippen LogP contribution in [0.25, 0.3) is 0 Å². The van der Waals surface area contributed by atoms with Crippen molar-refractivity contribution in [1.82, 2.24) is 10.2 Å². The van der Waals surface area contributed by atoms with Crippen molar-refractivity contribution in [3.8, 4) is 0 Å². The van der Waals surface area contributed by atoms with E-state index >= 15 is 0 Å². The van der Waals surface area contributed by atoms with Gasteiger partial charge in [-0.2, -0.15) is 0 Å². The van der Waals surface area contributed by atoms with Crippen molar-refractivity contribution in [3.63, 3.8) is 0 Å². The first-order valence-electron chi connectivity index (χ1n) is 6.88. The molecule has 0 aromatic heterocycles. The van der Waals surface area contributed by atoms with Gasteiger partial charge >= 0.3 is 0 Å². The molecule has 0 aliphatic carbocycles. The number of hydrogen-bond acceptors (Lipinski definition) is 2. The minimum absolute atomic E-state index is 0.0833. The zero-order valence-corrected chi connectivity index (χ0v) is 14.8. The summed E-state index contributed by atoms with van der Waals surface area (Å²) >= 11 is 6.91. The second kappa shape index (κ2) is 5.11. The summed E-state index contributed by atoms with van der Waals surface area (Å²) in [7, 11) is 0. The van der Waals surface area contributed by atoms with E-state index in [-0.39, 0.29) is 11.4 Å². The zero-order valence-electron chi connectivity index (χ0n) is 11.6. The molecule has 2 fully saturated rings. The van der Waals surface area contributed by atoms with Gasteiger partial charge in [0.1, 0.15) is 0 Å². The number of amides is 1. The molecular formula is C15H18Br2N2O. The highest BCUT2D eigenvalue weighted by atomic mass is 79.9. The van der Waals surface area contributed by atoms with E-state index in [9.17, 15) is 4.79 Å². The first kappa shape index (κ1) is 14.5. The lowest BCUT2D eigenvalue weighted by molar-refractivity contribution is 0.0603. The molecule has 0 radical (unpaired) electrons. The Morgan fingerprint density at radius 3 is 2.50 bits per heavy atom. The number of fused-ring (bicyclic) bond motifs is 1. The van der Waals surface area contributed by atoms with Gasteiger partial charge in [0, 0.05) is 39.7 Å². The first-order chi connectivity index (χ1) is 9.39. The van der Waals surface area contributed by atoms with Gasteiger partial charge in [0.25, 0.3) is 5.91 Å². The molecule has 108 valence electrons. The summed E-state index contributed by atoms with van der Waals surface area (Å²) in [5.41, 5.74) is 0.660. The third kappa shape index (κ3) is 2.34. The third-order valence-corrected chi connectivity index (χ3v) is 5.63. The lowest BCUT2D eigenvalue weighted by atomic mass is 9.84. The van der Waals surface area contributed by atoms with Crippen molar-refractivity contribution < 1.29 is 4.79 Å². The molecule has 3 rings (SSSR count). The number of nitrogens with zero attached hydrogens (tertiary/aromatic N) is 1. The number of carbonyl (C=O) groups excluding carboxylic acids is 1. The molecule has 2 heterocycles. The summed E-state index contributed by atoms with van der Waals surface area (Å²) in [6.07, 6.45) is 0. The van der Waals surface area contributed by atoms with Crippen LogP contribution in [-0.2, 0) is 0 Å². The maximum Gasteiger partial charge on any atom is 0.254 e. The van der Waals surface area contributed by atoms with E-state index in [1.807, 2.05) is 18.2 Å². The number of likely N-dealkylation sites (tertiary alicyclic amines) is 1. The maximum atomic E-state index is 12.9. The van der Waals surface area contributed by atoms with Crippen LogP contribution in [0.2, 0.25) is 0 Å². The molecule has 0 saturated carbocycles. The van der Waals surface area contributed by atoms with Crippen LogP contribution in [-0.4, -0.2) is 36.0 Å². The van der Waals surface area contributed by atoms with Crippen LogP contribution in [0.5, 0.6) is 0 Å². The van der Waals surface area contributed by atoms with Gasteiger partial charge in [-0.1, -0.05) is 31.9 Å². The average molecular weight is 402 g/mol. The SMILES string of the molecule is CC1(C)C2CNCC2CN1C(=O)c1cc(Br)cc(Br)c1. The van der Waals surface area contributed by atoms with Crippen LogP contribution in [0.1, 0.15) is 24.2 Å². The van der Waals surface area contributed by atoms with Gasteiger partial charge in [-0.15, -0.1) is 0 Å². The van der Waals surface area contributed by atoms with Crippen molar-refractivity contribution in [2.75, 3.05) is 19.6 Å². The van der Waals surface area contributed by atoms with E-state index in [0.717, 1.165) is 34.1 Å². The molecule has 2 aliphatic heterocycles. The Hall–Kier alpha value is -0.390. The summed E-state index contributed by atoms with van der Waals surface area (Å²) < 4.78 is 1.85. The summed E-state index contributed by atoms with van der Waals surface area (Å²) in [6.45, 7) is 7.28. The normalized spacial score (nSPS) is 27.7. The lowest BCUT2D eigenvalue weighted by Gasteiger charge is -2.35. The number of halogens is 2. The summed E-state index contributed by atoms with van der Waals surface area (Å²) in [4.78, 5) is 14.9. The van der Waals surface area contributed by atoms with Crippen LogP contribution < -0.4 is 5.32 Å². The van der Waals surface area contributed by atoms with Crippen LogP contribution in [0.4, 0.5) is 0 Å². The molecule has 1 amide bonds. The minimum Gasteiger partial charge on any atom is -0.333 e. The van der Waals surface area contributed by atoms with Crippen LogP contribution in [0.3, 0.4) is 0 Å². The highest BCUT2D eigenvalue weighted by molar-refractivity contribution is 9.11. The van der Waals surface area contributed by atoms with Gasteiger partial charge in [0.2, 0.25) is 0 Å². The average Bonchev–Trinajstić information content (AvgIpc) is 2.90. The molecule has 2 unspecified atom stereocenters. The van der Waals surface area contributed by atoms with Gasteiger partial charge < -0.3 is 10.2 Å². The van der Waals surface area contributed by atoms with Crippen molar-refractivity contribution in [3.05, 3.63) is 32.7 Å². The number of hydrogen-bond donors (Lipinski definition) is 1. The van der Waals surface area contributed by atoms with Crippen LogP contribution in [0.15, 0.2) is 27.1 Å². The Bertz CT molecular complexity index is 539. The quantitative estimate of drug-likeness (QED) is 0.783. The molecule has 1 N–H and O–H groups in total. The van der Waals surface area contributed by atoms with Gasteiger partial charge in [-0.25, -0.2) is 0 Å². The molecule has 20 heavy (non-hydrogen) atoms. The van der Waals surface area contributed by atoms with E-state index in [4.69, 9.17) is 0 Å². The molecule has 2 aliphatic rings. The number of carbonyl (C=O) groups is 1. The second-order valence-electron chi connectivity index (χ2n) is 6.25. The van der Waals surface area contributed by atoms with Crippen LogP contribution >= 0.6 is 31.9 Å². The van der Waals surface area contributed by atoms with E-state index in [1.165, 1.54) is 0 Å². The fraction of sp³-hybridized carbons (Fsp3) is 0.533. The maximum absolute atomic E-state index is 12.9. The summed E-state index contributed by atoms with van der Waals surface area (Å²) in [6, 6.07) is 5.75. The molecule has 0 spiro atoms. The fourth-order valence-electron chi connectivity index (χ4n) is 3.60. The summed E-state index contributed by atoms with van der Waals surface area (Å²) in [5, 5.41) is 3.44. The molecule has 5 heteroatoms. The molecule has 0 bridgehead atoms. The monoisotopic (exact) mass is 400 g/mol. The largest absolute Gasteiger partial charge is 0.333 e. The van der Waals surface area contributed by atoms with Gasteiger partial charge in [0.15, 0.2) is 0 Å². The number of rotatable bonds is 1. The second-order valence-corrected chi connectivity index (χ2v) is 8.08. The number of benzene rings is 1. The Kier molecular flexibility index (Phi) is 3.72. The fourth-order valence-corrected chi connectivity index (χ4v) is 4.89. The predicted molar refractivity (Wildman–Crippen MR) is 86.8 cm³/mol. The van der Waals surface area contributed by atoms with E-state index in [2.05, 4.69) is 55.9 Å². The Morgan fingerprint density at radius 2 is 1.90 bits per heavy atom. The highest BCUT2D eigenvalue weighted by Gasteiger charge is 2.51. The van der Waals surface area contributed by atoms with E-state index < -0.39 is 0 Å². The Morgan fingerprint density at radius 1 is 1.25 bits per heavy atom. The van der Waals surface area contributed by atoms with Gasteiger partial charge in [-0.3, -0.25) is 4.79 Å². The Labute approximate surface area is 136 Å². The van der Waals surface area contributed by atoms with Crippen molar-refractivity contribution in [1.29, 1.82) is 0 Å². The minimum atomic E-state index is -0.0833. The topological polar surface area (TPSA) is 32.3 Å². The van der Waals surface area contributed by atoms with Crippen molar-refractivity contribution in [2.24, 2.45) is 11.8 Å². The highest BCUT2D eigenvalue weighted by Crippen LogP contribution is 2.41. The molecule has 3 nitrogen and oxygen atoms in total. The standard InChI is InChI=1S/C15H18Br2N2O/c1-15(2)13-7-18-6-10(13)8-19(15)14(20)9-3-11(16)5-12(17)4-9/h3-5,10,13,18H,6-8H2,1-2H3. The summed E-state index contributed by atoms with van der Waals surface area (Å²) in [5.74, 6) is 1.28. The predicted octanol–water partition coefficient (Wildman–Crippen LogP) is 3.28. The molecule has 1 aromatic carbocycles. The molecule has 2 atom stereocenters. The van der Waals surface area contributed by atoms with Gasteiger partial charge in [0.05, 0.1) is 0 Å². The first-order valence-corrected chi connectivity index (χ1v) is 8.47. The molecule has 2 saturated heterocycles. The smallest absolute Gasteiger partial charge is 0.254 e. The third-order valence-electron chi connectivity index (χ3n) is 4.71. The lowest BCUT2D eigenvalue weighted by Crippen LogP contribution is -2.47. The van der Waals surface area contributed by atoms with E-state index in [0.29, 0.717) is 11.8 Å². The molecule has 1 aromatic rings. The van der Waals surface area contributed by atoms with Gasteiger partial charge in [-0.05, 0) is 43.9 Å². The number of nitrogens with one attached hydrogen (secondary N) is 1. The van der Waals surface area contributed by atoms with Crippen molar-refractivity contribution in [2.45, 2.75) is 19.4 Å². The van der Waals surface area contributed by atoms with Crippen LogP contribution in [0, 0.1) is 11.8 Å². The molecular weight excluding hydrogens is 384 g/mol. The van der Waals surface area contributed by atoms with Crippen molar-refractivity contribution >= 4 is 37.8 Å². The Balaban J connectivity index is 1.91. The van der Waals surface area contributed by atoms with E-state index in [1.54, 1.807) is 0 Å². The zero-order chi connectivity index (χ0) is 14.5.